The summed E-state index contributed by atoms with van der Waals surface area (Å²) in [5.74, 6) is 0.250. The van der Waals surface area contributed by atoms with Crippen LogP contribution in [-0.2, 0) is 0 Å². The summed E-state index contributed by atoms with van der Waals surface area (Å²) in [7, 11) is 0. The minimum absolute atomic E-state index is 0.317. The number of amides is 1. The molecule has 1 amide bonds. The average molecular weight is 294 g/mol. The van der Waals surface area contributed by atoms with Gasteiger partial charge in [0, 0.05) is 0 Å². The summed E-state index contributed by atoms with van der Waals surface area (Å²) < 4.78 is 6.80. The molecule has 0 radical (unpaired) electrons. The molecule has 6 heteroatoms. The fraction of sp³-hybridized carbons (Fsp3) is 0.0625. The second-order valence-corrected chi connectivity index (χ2v) is 4.61. The molecule has 2 aromatic heterocycles. The number of benzene rings is 1. The lowest BCUT2D eigenvalue weighted by atomic mass is 10.2. The van der Waals surface area contributed by atoms with Gasteiger partial charge < -0.3 is 4.42 Å². The molecule has 0 bridgehead atoms. The van der Waals surface area contributed by atoms with Crippen molar-refractivity contribution in [3.05, 3.63) is 71.9 Å². The highest BCUT2D eigenvalue weighted by atomic mass is 16.3. The number of hydrazone groups is 1. The summed E-state index contributed by atoms with van der Waals surface area (Å²) in [6.07, 6.45) is 4.51. The number of nitrogens with zero attached hydrogens (tertiary/aromatic N) is 3. The van der Waals surface area contributed by atoms with Gasteiger partial charge in [-0.05, 0) is 31.2 Å². The highest BCUT2D eigenvalue weighted by molar-refractivity contribution is 5.95. The number of nitrogens with one attached hydrogen (secondary N) is 1. The third-order valence-electron chi connectivity index (χ3n) is 3.16. The average Bonchev–Trinajstić information content (AvgIpc) is 3.18. The molecule has 0 fully saturated rings. The SMILES string of the molecule is Cc1c(C(=O)NN=Cc2ccco2)cnn1-c1ccccc1. The van der Waals surface area contributed by atoms with Gasteiger partial charge in [0.25, 0.3) is 5.91 Å². The molecule has 110 valence electrons. The van der Waals surface area contributed by atoms with Crippen molar-refractivity contribution >= 4 is 12.1 Å². The zero-order chi connectivity index (χ0) is 15.4. The first-order valence-corrected chi connectivity index (χ1v) is 6.72. The monoisotopic (exact) mass is 294 g/mol. The molecule has 1 aromatic carbocycles. The number of hydrogen-bond acceptors (Lipinski definition) is 4. The van der Waals surface area contributed by atoms with Crippen LogP contribution in [0, 0.1) is 6.92 Å². The van der Waals surface area contributed by atoms with Gasteiger partial charge in [-0.25, -0.2) is 10.1 Å². The van der Waals surface area contributed by atoms with Crippen LogP contribution in [0.5, 0.6) is 0 Å². The van der Waals surface area contributed by atoms with Crippen molar-refractivity contribution < 1.29 is 9.21 Å². The van der Waals surface area contributed by atoms with Gasteiger partial charge in [-0.15, -0.1) is 0 Å². The van der Waals surface area contributed by atoms with Crippen LogP contribution in [0.4, 0.5) is 0 Å². The molecule has 0 atom stereocenters. The first kappa shape index (κ1) is 13.8. The number of carbonyl (C=O) groups excluding carboxylic acids is 1. The van der Waals surface area contributed by atoms with E-state index in [1.165, 1.54) is 18.7 Å². The van der Waals surface area contributed by atoms with Gasteiger partial charge in [-0.2, -0.15) is 10.2 Å². The molecular formula is C16H14N4O2. The molecule has 2 heterocycles. The number of rotatable bonds is 4. The standard InChI is InChI=1S/C16H14N4O2/c1-12-15(11-18-20(12)13-6-3-2-4-7-13)16(21)19-17-10-14-8-5-9-22-14/h2-11H,1H3,(H,19,21). The molecule has 0 saturated carbocycles. The van der Waals surface area contributed by atoms with Gasteiger partial charge in [0.2, 0.25) is 0 Å². The number of aromatic nitrogens is 2. The number of para-hydroxylation sites is 1. The minimum Gasteiger partial charge on any atom is -0.463 e. The summed E-state index contributed by atoms with van der Waals surface area (Å²) in [6.45, 7) is 1.84. The molecule has 0 unspecified atom stereocenters. The Morgan fingerprint density at radius 3 is 2.82 bits per heavy atom. The quantitative estimate of drug-likeness (QED) is 0.593. The third kappa shape index (κ3) is 2.80. The Morgan fingerprint density at radius 1 is 1.27 bits per heavy atom. The minimum atomic E-state index is -0.317. The maximum Gasteiger partial charge on any atom is 0.274 e. The second-order valence-electron chi connectivity index (χ2n) is 4.61. The van der Waals surface area contributed by atoms with Crippen LogP contribution in [0.2, 0.25) is 0 Å². The second kappa shape index (κ2) is 6.09. The van der Waals surface area contributed by atoms with Gasteiger partial charge >= 0.3 is 0 Å². The summed E-state index contributed by atoms with van der Waals surface area (Å²) in [6, 6.07) is 13.1. The van der Waals surface area contributed by atoms with Crippen molar-refractivity contribution in [1.82, 2.24) is 15.2 Å². The van der Waals surface area contributed by atoms with E-state index < -0.39 is 0 Å². The van der Waals surface area contributed by atoms with Crippen molar-refractivity contribution in [2.24, 2.45) is 5.10 Å². The number of carbonyl (C=O) groups is 1. The normalized spacial score (nSPS) is 11.0. The predicted octanol–water partition coefficient (Wildman–Crippen LogP) is 2.54. The first-order chi connectivity index (χ1) is 10.8. The fourth-order valence-corrected chi connectivity index (χ4v) is 2.04. The van der Waals surface area contributed by atoms with Gasteiger partial charge in [-0.3, -0.25) is 4.79 Å². The molecule has 0 aliphatic carbocycles. The van der Waals surface area contributed by atoms with Crippen LogP contribution in [0.25, 0.3) is 5.69 Å². The van der Waals surface area contributed by atoms with E-state index in [1.54, 1.807) is 16.8 Å². The Hall–Kier alpha value is -3.15. The summed E-state index contributed by atoms with van der Waals surface area (Å²) >= 11 is 0. The van der Waals surface area contributed by atoms with Gasteiger partial charge in [-0.1, -0.05) is 18.2 Å². The highest BCUT2D eigenvalue weighted by Crippen LogP contribution is 2.13. The lowest BCUT2D eigenvalue weighted by molar-refractivity contribution is 0.0954. The van der Waals surface area contributed by atoms with Crippen molar-refractivity contribution in [1.29, 1.82) is 0 Å². The van der Waals surface area contributed by atoms with Crippen molar-refractivity contribution in [2.75, 3.05) is 0 Å². The summed E-state index contributed by atoms with van der Waals surface area (Å²) in [5.41, 5.74) is 4.58. The summed E-state index contributed by atoms with van der Waals surface area (Å²) in [5, 5.41) is 8.11. The van der Waals surface area contributed by atoms with E-state index in [1.807, 2.05) is 37.3 Å². The molecule has 3 rings (SSSR count). The maximum absolute atomic E-state index is 12.1. The van der Waals surface area contributed by atoms with Crippen LogP contribution in [0.3, 0.4) is 0 Å². The third-order valence-corrected chi connectivity index (χ3v) is 3.16. The smallest absolute Gasteiger partial charge is 0.274 e. The lowest BCUT2D eigenvalue weighted by Crippen LogP contribution is -2.18. The number of furan rings is 1. The van der Waals surface area contributed by atoms with Crippen LogP contribution in [-0.4, -0.2) is 21.9 Å². The zero-order valence-corrected chi connectivity index (χ0v) is 11.9. The Morgan fingerprint density at radius 2 is 2.09 bits per heavy atom. The van der Waals surface area contributed by atoms with E-state index in [0.717, 1.165) is 11.4 Å². The molecule has 0 spiro atoms. The summed E-state index contributed by atoms with van der Waals surface area (Å²) in [4.78, 5) is 12.1. The Kier molecular flexibility index (Phi) is 3.82. The van der Waals surface area contributed by atoms with Crippen molar-refractivity contribution in [2.45, 2.75) is 6.92 Å². The van der Waals surface area contributed by atoms with Gasteiger partial charge in [0.15, 0.2) is 0 Å². The van der Waals surface area contributed by atoms with E-state index in [0.29, 0.717) is 11.3 Å². The van der Waals surface area contributed by atoms with Gasteiger partial charge in [0.1, 0.15) is 5.76 Å². The molecular weight excluding hydrogens is 280 g/mol. The highest BCUT2D eigenvalue weighted by Gasteiger charge is 2.14. The van der Waals surface area contributed by atoms with E-state index >= 15 is 0 Å². The molecule has 22 heavy (non-hydrogen) atoms. The molecule has 6 nitrogen and oxygen atoms in total. The Bertz CT molecular complexity index is 789. The molecule has 1 N–H and O–H groups in total. The zero-order valence-electron chi connectivity index (χ0n) is 11.9. The topological polar surface area (TPSA) is 72.4 Å². The van der Waals surface area contributed by atoms with E-state index in [9.17, 15) is 4.79 Å². The largest absolute Gasteiger partial charge is 0.463 e. The van der Waals surface area contributed by atoms with Crippen LogP contribution >= 0.6 is 0 Å². The maximum atomic E-state index is 12.1. The van der Waals surface area contributed by atoms with E-state index in [2.05, 4.69) is 15.6 Å². The van der Waals surface area contributed by atoms with Crippen LogP contribution in [0.1, 0.15) is 21.8 Å². The molecule has 0 aliphatic rings. The predicted molar refractivity (Wildman–Crippen MR) is 82.1 cm³/mol. The van der Waals surface area contributed by atoms with Crippen molar-refractivity contribution in [3.8, 4) is 5.69 Å². The molecule has 0 aliphatic heterocycles. The first-order valence-electron chi connectivity index (χ1n) is 6.72. The molecule has 3 aromatic rings. The van der Waals surface area contributed by atoms with Gasteiger partial charge in [0.05, 0.1) is 35.6 Å². The fourth-order valence-electron chi connectivity index (χ4n) is 2.04. The van der Waals surface area contributed by atoms with E-state index in [4.69, 9.17) is 4.42 Å². The van der Waals surface area contributed by atoms with Crippen LogP contribution < -0.4 is 5.43 Å². The molecule has 0 saturated heterocycles. The van der Waals surface area contributed by atoms with Crippen LogP contribution in [0.15, 0.2) is 64.4 Å². The van der Waals surface area contributed by atoms with Crippen molar-refractivity contribution in [3.63, 3.8) is 0 Å². The lowest BCUT2D eigenvalue weighted by Gasteiger charge is -2.04. The number of hydrogen-bond donors (Lipinski definition) is 1. The Labute approximate surface area is 127 Å². The Balaban J connectivity index is 1.75. The van der Waals surface area contributed by atoms with E-state index in [-0.39, 0.29) is 5.91 Å².